The van der Waals surface area contributed by atoms with Gasteiger partial charge in [-0.1, -0.05) is 56.6 Å². The molecular formula is C25H39NO3. The highest BCUT2D eigenvalue weighted by Gasteiger charge is 2.30. The first-order valence-electron chi connectivity index (χ1n) is 11.4. The molecule has 0 spiro atoms. The molecule has 2 aliphatic rings. The number of carbonyl (C=O) groups excluding carboxylic acids is 2. The lowest BCUT2D eigenvalue weighted by Crippen LogP contribution is -2.20. The van der Waals surface area contributed by atoms with Gasteiger partial charge in [0, 0.05) is 26.4 Å². The standard InChI is InChI=1S/C25H39NO3/c1-4-9-19-12-13-21(18-19)23(27)17-15-22-20(14-16-24(22)28)10-7-5-6-8-11-25(29)26(2)3/h5,7,14-17,19-23,27H,4,6,8-13,18H2,1-3H3/b7-5-,17-15+/t19?,20-,21?,22+,23+/m0/s1. The summed E-state index contributed by atoms with van der Waals surface area (Å²) >= 11 is 0. The Labute approximate surface area is 176 Å². The summed E-state index contributed by atoms with van der Waals surface area (Å²) in [6.07, 6.45) is 20.3. The number of aliphatic hydroxyl groups excluding tert-OH is 1. The minimum absolute atomic E-state index is 0.138. The average molecular weight is 402 g/mol. The smallest absolute Gasteiger partial charge is 0.222 e. The van der Waals surface area contributed by atoms with E-state index in [0.29, 0.717) is 12.3 Å². The van der Waals surface area contributed by atoms with Gasteiger partial charge in [0.2, 0.25) is 5.91 Å². The van der Waals surface area contributed by atoms with Gasteiger partial charge in [0.15, 0.2) is 5.78 Å². The molecule has 5 atom stereocenters. The van der Waals surface area contributed by atoms with E-state index in [0.717, 1.165) is 38.0 Å². The topological polar surface area (TPSA) is 57.6 Å². The summed E-state index contributed by atoms with van der Waals surface area (Å²) in [4.78, 5) is 25.4. The number of aliphatic hydroxyl groups is 1. The summed E-state index contributed by atoms with van der Waals surface area (Å²) < 4.78 is 0. The monoisotopic (exact) mass is 401 g/mol. The van der Waals surface area contributed by atoms with E-state index in [-0.39, 0.29) is 23.5 Å². The highest BCUT2D eigenvalue weighted by atomic mass is 16.3. The summed E-state index contributed by atoms with van der Waals surface area (Å²) in [5.74, 6) is 1.41. The van der Waals surface area contributed by atoms with Crippen molar-refractivity contribution in [1.29, 1.82) is 0 Å². The SMILES string of the molecule is CCCC1CCC([C@H](O)/C=C/[C@H]2C(=O)C=C[C@@H]2C/C=C\CCCC(=O)N(C)C)C1. The van der Waals surface area contributed by atoms with E-state index in [4.69, 9.17) is 0 Å². The van der Waals surface area contributed by atoms with E-state index in [2.05, 4.69) is 19.1 Å². The molecule has 0 saturated heterocycles. The van der Waals surface area contributed by atoms with Crippen LogP contribution in [-0.2, 0) is 9.59 Å². The summed E-state index contributed by atoms with van der Waals surface area (Å²) in [6.45, 7) is 2.22. The fourth-order valence-electron chi connectivity index (χ4n) is 4.57. The van der Waals surface area contributed by atoms with Crippen LogP contribution in [0.4, 0.5) is 0 Å². The number of unbranched alkanes of at least 4 members (excludes halogenated alkanes) is 1. The third kappa shape index (κ3) is 7.58. The number of hydrogen-bond acceptors (Lipinski definition) is 3. The van der Waals surface area contributed by atoms with Crippen LogP contribution in [0.5, 0.6) is 0 Å². The van der Waals surface area contributed by atoms with Crippen LogP contribution in [-0.4, -0.2) is 41.9 Å². The molecule has 2 aliphatic carbocycles. The van der Waals surface area contributed by atoms with E-state index in [1.54, 1.807) is 25.1 Å². The predicted molar refractivity (Wildman–Crippen MR) is 118 cm³/mol. The highest BCUT2D eigenvalue weighted by Crippen LogP contribution is 2.36. The fraction of sp³-hybridized carbons (Fsp3) is 0.680. The molecule has 4 heteroatoms. The zero-order chi connectivity index (χ0) is 21.2. The van der Waals surface area contributed by atoms with E-state index >= 15 is 0 Å². The Kier molecular flexibility index (Phi) is 9.86. The van der Waals surface area contributed by atoms with Gasteiger partial charge in [-0.3, -0.25) is 9.59 Å². The molecule has 2 unspecified atom stereocenters. The zero-order valence-corrected chi connectivity index (χ0v) is 18.4. The molecule has 1 N–H and O–H groups in total. The minimum Gasteiger partial charge on any atom is -0.389 e. The third-order valence-electron chi connectivity index (χ3n) is 6.41. The molecule has 29 heavy (non-hydrogen) atoms. The first-order valence-corrected chi connectivity index (χ1v) is 11.4. The number of nitrogens with zero attached hydrogens (tertiary/aromatic N) is 1. The molecule has 1 saturated carbocycles. The maximum atomic E-state index is 12.2. The number of allylic oxidation sites excluding steroid dienone is 5. The van der Waals surface area contributed by atoms with Gasteiger partial charge in [0.05, 0.1) is 6.10 Å². The van der Waals surface area contributed by atoms with Crippen LogP contribution in [0.15, 0.2) is 36.5 Å². The molecule has 0 aromatic carbocycles. The van der Waals surface area contributed by atoms with E-state index in [1.807, 2.05) is 18.2 Å². The van der Waals surface area contributed by atoms with Crippen molar-refractivity contribution in [1.82, 2.24) is 4.90 Å². The van der Waals surface area contributed by atoms with Crippen LogP contribution in [0.2, 0.25) is 0 Å². The van der Waals surface area contributed by atoms with E-state index in [9.17, 15) is 14.7 Å². The lowest BCUT2D eigenvalue weighted by molar-refractivity contribution is -0.128. The fourth-order valence-corrected chi connectivity index (χ4v) is 4.57. The Morgan fingerprint density at radius 1 is 1.31 bits per heavy atom. The van der Waals surface area contributed by atoms with Gasteiger partial charge >= 0.3 is 0 Å². The van der Waals surface area contributed by atoms with Crippen LogP contribution >= 0.6 is 0 Å². The van der Waals surface area contributed by atoms with Crippen molar-refractivity contribution in [3.63, 3.8) is 0 Å². The molecule has 0 aliphatic heterocycles. The molecular weight excluding hydrogens is 362 g/mol. The van der Waals surface area contributed by atoms with Crippen LogP contribution < -0.4 is 0 Å². The van der Waals surface area contributed by atoms with Gasteiger partial charge < -0.3 is 10.0 Å². The van der Waals surface area contributed by atoms with Gasteiger partial charge in [-0.2, -0.15) is 0 Å². The van der Waals surface area contributed by atoms with Crippen LogP contribution in [0, 0.1) is 23.7 Å². The van der Waals surface area contributed by atoms with Gasteiger partial charge in [-0.15, -0.1) is 0 Å². The van der Waals surface area contributed by atoms with Crippen molar-refractivity contribution in [3.8, 4) is 0 Å². The summed E-state index contributed by atoms with van der Waals surface area (Å²) in [5, 5.41) is 10.6. The number of amides is 1. The van der Waals surface area contributed by atoms with Crippen LogP contribution in [0.1, 0.15) is 64.7 Å². The molecule has 2 rings (SSSR count). The molecule has 0 bridgehead atoms. The number of rotatable bonds is 11. The Morgan fingerprint density at radius 2 is 2.10 bits per heavy atom. The molecule has 1 fully saturated rings. The Hall–Kier alpha value is -1.68. The molecule has 162 valence electrons. The quantitative estimate of drug-likeness (QED) is 0.403. The van der Waals surface area contributed by atoms with Crippen molar-refractivity contribution in [2.24, 2.45) is 23.7 Å². The van der Waals surface area contributed by atoms with Crippen molar-refractivity contribution in [2.45, 2.75) is 70.8 Å². The van der Waals surface area contributed by atoms with Crippen molar-refractivity contribution >= 4 is 11.7 Å². The largest absolute Gasteiger partial charge is 0.389 e. The van der Waals surface area contributed by atoms with Crippen LogP contribution in [0.3, 0.4) is 0 Å². The average Bonchev–Trinajstić information content (AvgIpc) is 3.29. The Morgan fingerprint density at radius 3 is 2.83 bits per heavy atom. The number of ketones is 1. The van der Waals surface area contributed by atoms with Gasteiger partial charge in [0.1, 0.15) is 0 Å². The first kappa shape index (κ1) is 23.6. The maximum Gasteiger partial charge on any atom is 0.222 e. The minimum atomic E-state index is -0.435. The van der Waals surface area contributed by atoms with Crippen LogP contribution in [0.25, 0.3) is 0 Å². The second kappa shape index (κ2) is 12.1. The summed E-state index contributed by atoms with van der Waals surface area (Å²) in [6, 6.07) is 0. The maximum absolute atomic E-state index is 12.2. The van der Waals surface area contributed by atoms with E-state index in [1.165, 1.54) is 19.3 Å². The highest BCUT2D eigenvalue weighted by molar-refractivity contribution is 5.95. The zero-order valence-electron chi connectivity index (χ0n) is 18.4. The van der Waals surface area contributed by atoms with Gasteiger partial charge in [-0.05, 0) is 55.9 Å². The second-order valence-corrected chi connectivity index (χ2v) is 8.94. The second-order valence-electron chi connectivity index (χ2n) is 8.94. The lowest BCUT2D eigenvalue weighted by Gasteiger charge is -2.17. The number of carbonyl (C=O) groups is 2. The molecule has 4 nitrogen and oxygen atoms in total. The molecule has 0 radical (unpaired) electrons. The Balaban J connectivity index is 1.76. The van der Waals surface area contributed by atoms with Crippen molar-refractivity contribution in [2.75, 3.05) is 14.1 Å². The summed E-state index contributed by atoms with van der Waals surface area (Å²) in [7, 11) is 3.56. The number of hydrogen-bond donors (Lipinski definition) is 1. The third-order valence-corrected chi connectivity index (χ3v) is 6.41. The molecule has 1 amide bonds. The predicted octanol–water partition coefficient (Wildman–Crippen LogP) is 4.70. The Bertz CT molecular complexity index is 620. The molecule has 0 aromatic heterocycles. The molecule has 0 aromatic rings. The van der Waals surface area contributed by atoms with Crippen molar-refractivity contribution < 1.29 is 14.7 Å². The normalized spacial score (nSPS) is 28.1. The molecule has 0 heterocycles. The van der Waals surface area contributed by atoms with Gasteiger partial charge in [-0.25, -0.2) is 0 Å². The van der Waals surface area contributed by atoms with Gasteiger partial charge in [0.25, 0.3) is 0 Å². The summed E-state index contributed by atoms with van der Waals surface area (Å²) in [5.41, 5.74) is 0. The first-order chi connectivity index (χ1) is 13.9. The van der Waals surface area contributed by atoms with E-state index < -0.39 is 6.10 Å². The lowest BCUT2D eigenvalue weighted by atomic mass is 9.89. The van der Waals surface area contributed by atoms with Crippen molar-refractivity contribution in [3.05, 3.63) is 36.5 Å².